The fourth-order valence-corrected chi connectivity index (χ4v) is 3.99. The van der Waals surface area contributed by atoms with E-state index < -0.39 is 0 Å². The van der Waals surface area contributed by atoms with E-state index in [1.165, 1.54) is 0 Å². The van der Waals surface area contributed by atoms with Crippen LogP contribution in [0.15, 0.2) is 54.6 Å². The first-order valence-electron chi connectivity index (χ1n) is 8.39. The van der Waals surface area contributed by atoms with Gasteiger partial charge >= 0.3 is 0 Å². The van der Waals surface area contributed by atoms with Crippen molar-refractivity contribution in [1.82, 2.24) is 0 Å². The van der Waals surface area contributed by atoms with Crippen molar-refractivity contribution in [3.63, 3.8) is 0 Å². The minimum Gasteiger partial charge on any atom is -0.493 e. The zero-order valence-electron chi connectivity index (χ0n) is 14.9. The van der Waals surface area contributed by atoms with Crippen molar-refractivity contribution in [2.75, 3.05) is 12.4 Å². The fourth-order valence-electron chi connectivity index (χ4n) is 2.58. The number of ether oxygens (including phenoxy) is 2. The molecule has 0 amide bonds. The second-order valence-electron chi connectivity index (χ2n) is 5.99. The van der Waals surface area contributed by atoms with Gasteiger partial charge in [-0.05, 0) is 76.7 Å². The van der Waals surface area contributed by atoms with Gasteiger partial charge in [0, 0.05) is 32.9 Å². The summed E-state index contributed by atoms with van der Waals surface area (Å²) in [5.41, 5.74) is 2.93. The maximum Gasteiger partial charge on any atom is 0.174 e. The molecule has 0 spiro atoms. The van der Waals surface area contributed by atoms with Gasteiger partial charge in [0.15, 0.2) is 11.5 Å². The second-order valence-corrected chi connectivity index (χ2v) is 8.44. The van der Waals surface area contributed by atoms with E-state index in [1.807, 2.05) is 36.4 Å². The molecular formula is C21H17Cl3INO2. The molecule has 28 heavy (non-hydrogen) atoms. The van der Waals surface area contributed by atoms with Crippen molar-refractivity contribution < 1.29 is 9.47 Å². The normalized spacial score (nSPS) is 10.6. The van der Waals surface area contributed by atoms with Crippen molar-refractivity contribution >= 4 is 63.1 Å². The molecule has 0 aliphatic carbocycles. The molecule has 146 valence electrons. The van der Waals surface area contributed by atoms with Crippen LogP contribution in [0, 0.1) is 3.57 Å². The first-order chi connectivity index (χ1) is 13.5. The van der Waals surface area contributed by atoms with Crippen LogP contribution in [-0.4, -0.2) is 7.11 Å². The minimum atomic E-state index is 0.324. The number of anilines is 1. The average Bonchev–Trinajstić information content (AvgIpc) is 2.67. The van der Waals surface area contributed by atoms with Gasteiger partial charge in [0.2, 0.25) is 0 Å². The molecule has 0 bridgehead atoms. The van der Waals surface area contributed by atoms with Crippen LogP contribution in [-0.2, 0) is 13.2 Å². The van der Waals surface area contributed by atoms with Crippen LogP contribution in [0.5, 0.6) is 11.5 Å². The van der Waals surface area contributed by atoms with E-state index >= 15 is 0 Å². The van der Waals surface area contributed by atoms with Gasteiger partial charge in [-0.15, -0.1) is 0 Å². The molecule has 0 aliphatic heterocycles. The Morgan fingerprint density at radius 1 is 0.929 bits per heavy atom. The summed E-state index contributed by atoms with van der Waals surface area (Å²) in [6.45, 7) is 0.974. The highest BCUT2D eigenvalue weighted by atomic mass is 127. The quantitative estimate of drug-likeness (QED) is 0.311. The van der Waals surface area contributed by atoms with Crippen molar-refractivity contribution in [1.29, 1.82) is 0 Å². The molecule has 3 nitrogen and oxygen atoms in total. The SMILES string of the molecule is COc1cc(CNc2ccc(Cl)cc2)cc(I)c1OCc1ccc(Cl)cc1Cl. The highest BCUT2D eigenvalue weighted by Crippen LogP contribution is 2.35. The maximum atomic E-state index is 6.23. The summed E-state index contributed by atoms with van der Waals surface area (Å²) < 4.78 is 12.5. The molecule has 3 aromatic rings. The van der Waals surface area contributed by atoms with Gasteiger partial charge in [0.25, 0.3) is 0 Å². The van der Waals surface area contributed by atoms with Crippen molar-refractivity contribution in [3.05, 3.63) is 84.4 Å². The number of nitrogens with one attached hydrogen (secondary N) is 1. The highest BCUT2D eigenvalue weighted by molar-refractivity contribution is 14.1. The molecule has 0 fully saturated rings. The Morgan fingerprint density at radius 3 is 2.32 bits per heavy atom. The number of rotatable bonds is 7. The smallest absolute Gasteiger partial charge is 0.174 e. The van der Waals surface area contributed by atoms with Crippen LogP contribution < -0.4 is 14.8 Å². The van der Waals surface area contributed by atoms with Gasteiger partial charge in [-0.3, -0.25) is 0 Å². The minimum absolute atomic E-state index is 0.324. The number of hydrogen-bond acceptors (Lipinski definition) is 3. The van der Waals surface area contributed by atoms with E-state index in [4.69, 9.17) is 44.3 Å². The average molecular weight is 549 g/mol. The van der Waals surface area contributed by atoms with Crippen LogP contribution in [0.1, 0.15) is 11.1 Å². The standard InChI is InChI=1S/C21H17Cl3INO2/c1-27-20-9-13(11-26-17-6-4-15(22)5-7-17)8-19(25)21(20)28-12-14-2-3-16(23)10-18(14)24/h2-10,26H,11-12H2,1H3. The van der Waals surface area contributed by atoms with Crippen LogP contribution in [0.3, 0.4) is 0 Å². The Balaban J connectivity index is 1.72. The monoisotopic (exact) mass is 547 g/mol. The predicted molar refractivity (Wildman–Crippen MR) is 125 cm³/mol. The van der Waals surface area contributed by atoms with Gasteiger partial charge in [0.1, 0.15) is 6.61 Å². The number of hydrogen-bond donors (Lipinski definition) is 1. The molecule has 7 heteroatoms. The van der Waals surface area contributed by atoms with Gasteiger partial charge < -0.3 is 14.8 Å². The van der Waals surface area contributed by atoms with Crippen molar-refractivity contribution in [2.24, 2.45) is 0 Å². The summed E-state index contributed by atoms with van der Waals surface area (Å²) >= 11 is 20.3. The number of benzene rings is 3. The van der Waals surface area contributed by atoms with Gasteiger partial charge in [-0.1, -0.05) is 40.9 Å². The third kappa shape index (κ3) is 5.60. The van der Waals surface area contributed by atoms with Gasteiger partial charge in [-0.25, -0.2) is 0 Å². The summed E-state index contributed by atoms with van der Waals surface area (Å²) in [7, 11) is 1.63. The van der Waals surface area contributed by atoms with Crippen LogP contribution >= 0.6 is 57.4 Å². The molecule has 1 N–H and O–H groups in total. The summed E-state index contributed by atoms with van der Waals surface area (Å²) in [6, 6.07) is 17.0. The summed E-state index contributed by atoms with van der Waals surface area (Å²) in [4.78, 5) is 0. The lowest BCUT2D eigenvalue weighted by atomic mass is 10.2. The summed E-state index contributed by atoms with van der Waals surface area (Å²) in [5, 5.41) is 5.25. The van der Waals surface area contributed by atoms with Crippen molar-refractivity contribution in [3.8, 4) is 11.5 Å². The van der Waals surface area contributed by atoms with Crippen LogP contribution in [0.25, 0.3) is 0 Å². The Morgan fingerprint density at radius 2 is 1.64 bits per heavy atom. The van der Waals surface area contributed by atoms with E-state index in [1.54, 1.807) is 19.2 Å². The topological polar surface area (TPSA) is 30.5 Å². The van der Waals surface area contributed by atoms with Crippen LogP contribution in [0.4, 0.5) is 5.69 Å². The molecular weight excluding hydrogens is 531 g/mol. The van der Waals surface area contributed by atoms with Crippen molar-refractivity contribution in [2.45, 2.75) is 13.2 Å². The Labute approximate surface area is 193 Å². The lowest BCUT2D eigenvalue weighted by Crippen LogP contribution is -2.04. The second kappa shape index (κ2) is 9.92. The third-order valence-corrected chi connectivity index (χ3v) is 5.66. The highest BCUT2D eigenvalue weighted by Gasteiger charge is 2.13. The van der Waals surface area contributed by atoms with E-state index in [2.05, 4.69) is 34.0 Å². The largest absolute Gasteiger partial charge is 0.493 e. The van der Waals surface area contributed by atoms with E-state index in [9.17, 15) is 0 Å². The Kier molecular flexibility index (Phi) is 7.57. The summed E-state index contributed by atoms with van der Waals surface area (Å²) in [5.74, 6) is 1.36. The molecule has 0 unspecified atom stereocenters. The predicted octanol–water partition coefficient (Wildman–Crippen LogP) is 7.45. The molecule has 0 radical (unpaired) electrons. The fraction of sp³-hybridized carbons (Fsp3) is 0.143. The molecule has 0 aromatic heterocycles. The molecule has 0 saturated heterocycles. The maximum absolute atomic E-state index is 6.23. The zero-order valence-corrected chi connectivity index (χ0v) is 19.4. The molecule has 3 rings (SSSR count). The lowest BCUT2D eigenvalue weighted by molar-refractivity contribution is 0.282. The van der Waals surface area contributed by atoms with Gasteiger partial charge in [-0.2, -0.15) is 0 Å². The number of halogens is 4. The Hall–Kier alpha value is -1.34. The Bertz CT molecular complexity index is 965. The van der Waals surface area contributed by atoms with E-state index in [0.717, 1.165) is 20.4 Å². The molecule has 0 heterocycles. The number of methoxy groups -OCH3 is 1. The lowest BCUT2D eigenvalue weighted by Gasteiger charge is -2.16. The molecule has 3 aromatic carbocycles. The molecule has 0 saturated carbocycles. The first-order valence-corrected chi connectivity index (χ1v) is 10.6. The van der Waals surface area contributed by atoms with E-state index in [-0.39, 0.29) is 0 Å². The van der Waals surface area contributed by atoms with E-state index in [0.29, 0.717) is 39.7 Å². The zero-order chi connectivity index (χ0) is 20.1. The van der Waals surface area contributed by atoms with Crippen LogP contribution in [0.2, 0.25) is 15.1 Å². The first kappa shape index (κ1) is 21.4. The summed E-state index contributed by atoms with van der Waals surface area (Å²) in [6.07, 6.45) is 0. The third-order valence-electron chi connectivity index (χ3n) is 4.02. The van der Waals surface area contributed by atoms with Gasteiger partial charge in [0.05, 0.1) is 10.7 Å². The molecule has 0 atom stereocenters. The molecule has 0 aliphatic rings.